The monoisotopic (exact) mass is 528 g/mol. The number of hydrogen-bond donors (Lipinski definition) is 0. The quantitative estimate of drug-likeness (QED) is 0.207. The molecule has 40 heavy (non-hydrogen) atoms. The molecule has 0 unspecified atom stereocenters. The maximum atomic E-state index is 6.30. The van der Waals surface area contributed by atoms with Crippen LogP contribution in [0.4, 0.5) is 0 Å². The Labute approximate surface area is 236 Å². The molecule has 8 rings (SSSR count). The van der Waals surface area contributed by atoms with Crippen LogP contribution in [0.15, 0.2) is 150 Å². The molecule has 0 aliphatic heterocycles. The summed E-state index contributed by atoms with van der Waals surface area (Å²) in [6.45, 7) is 0. The minimum Gasteiger partial charge on any atom is -0.456 e. The molecule has 0 atom stereocenters. The van der Waals surface area contributed by atoms with Gasteiger partial charge < -0.3 is 4.42 Å². The summed E-state index contributed by atoms with van der Waals surface area (Å²) in [5.41, 5.74) is 5.80. The highest BCUT2D eigenvalue weighted by atomic mass is 32.1. The Kier molecular flexibility index (Phi) is 5.39. The van der Waals surface area contributed by atoms with Crippen molar-refractivity contribution >= 4 is 43.0 Å². The van der Waals surface area contributed by atoms with Gasteiger partial charge in [-0.2, -0.15) is 0 Å². The van der Waals surface area contributed by atoms with Crippen LogP contribution in [0.2, 0.25) is 0 Å². The fourth-order valence-electron chi connectivity index (χ4n) is 5.59. The number of fused-ring (bicyclic) bond motifs is 4. The Balaban J connectivity index is 1.04. The normalized spacial score (nSPS) is 11.5. The lowest BCUT2D eigenvalue weighted by atomic mass is 9.97. The molecule has 0 aliphatic rings. The van der Waals surface area contributed by atoms with Crippen LogP contribution in [0.5, 0.6) is 0 Å². The second-order valence-corrected chi connectivity index (χ2v) is 11.3. The Morgan fingerprint density at radius 3 is 1.70 bits per heavy atom. The Morgan fingerprint density at radius 1 is 0.375 bits per heavy atom. The largest absolute Gasteiger partial charge is 0.456 e. The molecule has 0 radical (unpaired) electrons. The van der Waals surface area contributed by atoms with Gasteiger partial charge in [-0.15, -0.1) is 11.3 Å². The van der Waals surface area contributed by atoms with Gasteiger partial charge >= 0.3 is 0 Å². The summed E-state index contributed by atoms with van der Waals surface area (Å²) in [4.78, 5) is 1.28. The van der Waals surface area contributed by atoms with Gasteiger partial charge in [0.05, 0.1) is 0 Å². The smallest absolute Gasteiger partial charge is 0.134 e. The van der Waals surface area contributed by atoms with Gasteiger partial charge in [-0.1, -0.05) is 115 Å². The van der Waals surface area contributed by atoms with Crippen LogP contribution in [-0.4, -0.2) is 0 Å². The van der Waals surface area contributed by atoms with Crippen LogP contribution in [-0.2, 0) is 0 Å². The van der Waals surface area contributed by atoms with Crippen molar-refractivity contribution in [2.75, 3.05) is 0 Å². The fraction of sp³-hybridized carbons (Fsp3) is 0. The van der Waals surface area contributed by atoms with Crippen molar-refractivity contribution in [1.82, 2.24) is 0 Å². The molecule has 0 saturated carbocycles. The third-order valence-electron chi connectivity index (χ3n) is 7.73. The minimum absolute atomic E-state index is 0.875. The van der Waals surface area contributed by atoms with Gasteiger partial charge in [0.2, 0.25) is 0 Å². The lowest BCUT2D eigenvalue weighted by molar-refractivity contribution is 0.597. The lowest BCUT2D eigenvalue weighted by Gasteiger charge is -2.08. The van der Waals surface area contributed by atoms with E-state index in [0.717, 1.165) is 22.6 Å². The van der Waals surface area contributed by atoms with Gasteiger partial charge in [0.1, 0.15) is 11.5 Å². The van der Waals surface area contributed by atoms with Crippen LogP contribution in [0.25, 0.3) is 75.8 Å². The molecule has 0 aliphatic carbocycles. The second kappa shape index (κ2) is 9.37. The zero-order valence-electron chi connectivity index (χ0n) is 21.7. The van der Waals surface area contributed by atoms with Gasteiger partial charge in [-0.25, -0.2) is 0 Å². The first kappa shape index (κ1) is 23.0. The van der Waals surface area contributed by atoms with Crippen LogP contribution < -0.4 is 0 Å². The number of furan rings is 1. The molecule has 0 amide bonds. The molecule has 2 heterocycles. The van der Waals surface area contributed by atoms with Gasteiger partial charge in [-0.3, -0.25) is 0 Å². The highest BCUT2D eigenvalue weighted by Gasteiger charge is 2.10. The third-order valence-corrected chi connectivity index (χ3v) is 8.90. The van der Waals surface area contributed by atoms with Gasteiger partial charge in [0.25, 0.3) is 0 Å². The van der Waals surface area contributed by atoms with E-state index in [9.17, 15) is 0 Å². The summed E-state index contributed by atoms with van der Waals surface area (Å²) in [6, 6.07) is 52.0. The van der Waals surface area contributed by atoms with E-state index in [2.05, 4.69) is 146 Å². The average Bonchev–Trinajstić information content (AvgIpc) is 3.69. The molecular formula is C38H24OS. The SMILES string of the molecule is c1ccc2sc(-c3ccc(-c4ccc(-c5ccc(-c6ccc7c(ccc8ccccc87)c6)cc5)o4)cc3)cc2c1. The summed E-state index contributed by atoms with van der Waals surface area (Å²) in [7, 11) is 0. The fourth-order valence-corrected chi connectivity index (χ4v) is 6.66. The Bertz CT molecular complexity index is 2110. The highest BCUT2D eigenvalue weighted by Crippen LogP contribution is 2.36. The van der Waals surface area contributed by atoms with E-state index in [-0.39, 0.29) is 0 Å². The molecule has 0 fully saturated rings. The van der Waals surface area contributed by atoms with Crippen molar-refractivity contribution < 1.29 is 4.42 Å². The highest BCUT2D eigenvalue weighted by molar-refractivity contribution is 7.22. The molecule has 2 aromatic heterocycles. The van der Waals surface area contributed by atoms with Gasteiger partial charge in [0, 0.05) is 20.7 Å². The molecule has 188 valence electrons. The molecule has 1 nitrogen and oxygen atoms in total. The van der Waals surface area contributed by atoms with E-state index in [1.807, 2.05) is 11.3 Å². The Morgan fingerprint density at radius 2 is 0.950 bits per heavy atom. The summed E-state index contributed by atoms with van der Waals surface area (Å²) in [5.74, 6) is 1.75. The molecule has 0 saturated heterocycles. The van der Waals surface area contributed by atoms with Crippen molar-refractivity contribution in [2.24, 2.45) is 0 Å². The van der Waals surface area contributed by atoms with Crippen molar-refractivity contribution in [2.45, 2.75) is 0 Å². The lowest BCUT2D eigenvalue weighted by Crippen LogP contribution is -1.82. The maximum Gasteiger partial charge on any atom is 0.134 e. The average molecular weight is 529 g/mol. The summed E-state index contributed by atoms with van der Waals surface area (Å²) in [6.07, 6.45) is 0. The molecule has 2 heteroatoms. The number of benzene rings is 6. The van der Waals surface area contributed by atoms with Crippen molar-refractivity contribution in [1.29, 1.82) is 0 Å². The van der Waals surface area contributed by atoms with Crippen LogP contribution >= 0.6 is 11.3 Å². The summed E-state index contributed by atoms with van der Waals surface area (Å²) < 4.78 is 7.61. The molecule has 0 N–H and O–H groups in total. The van der Waals surface area contributed by atoms with Crippen molar-refractivity contribution in [3.8, 4) is 44.2 Å². The van der Waals surface area contributed by atoms with Gasteiger partial charge in [-0.05, 0) is 74.0 Å². The van der Waals surface area contributed by atoms with Crippen LogP contribution in [0, 0.1) is 0 Å². The molecule has 6 aromatic carbocycles. The first-order valence-electron chi connectivity index (χ1n) is 13.5. The molecule has 0 bridgehead atoms. The first-order chi connectivity index (χ1) is 19.8. The number of thiophene rings is 1. The topological polar surface area (TPSA) is 13.1 Å². The Hall–Kier alpha value is -4.92. The summed E-state index contributed by atoms with van der Waals surface area (Å²) >= 11 is 1.83. The molecule has 8 aromatic rings. The second-order valence-electron chi connectivity index (χ2n) is 10.2. The van der Waals surface area contributed by atoms with E-state index in [1.165, 1.54) is 53.2 Å². The third kappa shape index (κ3) is 4.02. The molecular weight excluding hydrogens is 504 g/mol. The number of rotatable bonds is 4. The summed E-state index contributed by atoms with van der Waals surface area (Å²) in [5, 5.41) is 6.41. The first-order valence-corrected chi connectivity index (χ1v) is 14.3. The minimum atomic E-state index is 0.875. The van der Waals surface area contributed by atoms with E-state index < -0.39 is 0 Å². The van der Waals surface area contributed by atoms with E-state index >= 15 is 0 Å². The number of hydrogen-bond acceptors (Lipinski definition) is 2. The van der Waals surface area contributed by atoms with Crippen LogP contribution in [0.3, 0.4) is 0 Å². The predicted molar refractivity (Wildman–Crippen MR) is 171 cm³/mol. The van der Waals surface area contributed by atoms with Crippen LogP contribution in [0.1, 0.15) is 0 Å². The van der Waals surface area contributed by atoms with E-state index in [0.29, 0.717) is 0 Å². The van der Waals surface area contributed by atoms with Gasteiger partial charge in [0.15, 0.2) is 0 Å². The van der Waals surface area contributed by atoms with Crippen molar-refractivity contribution in [3.05, 3.63) is 146 Å². The van der Waals surface area contributed by atoms with E-state index in [4.69, 9.17) is 4.42 Å². The maximum absolute atomic E-state index is 6.30. The predicted octanol–water partition coefficient (Wildman–Crippen LogP) is 11.5. The van der Waals surface area contributed by atoms with Crippen molar-refractivity contribution in [3.63, 3.8) is 0 Å². The standard InChI is InChI=1S/C38H24OS/c1-3-7-33-26(5-1)11-18-31-23-30(19-20-34(31)33)25-9-12-27(13-10-25)35-21-22-36(39-35)28-14-16-29(17-15-28)38-24-32-6-2-4-8-37(32)40-38/h1-24H. The zero-order chi connectivity index (χ0) is 26.5. The zero-order valence-corrected chi connectivity index (χ0v) is 22.5. The molecule has 0 spiro atoms. The van der Waals surface area contributed by atoms with E-state index in [1.54, 1.807) is 0 Å².